The highest BCUT2D eigenvalue weighted by molar-refractivity contribution is 6.01. The normalized spacial score (nSPS) is 16.8. The number of fused-ring (bicyclic) bond motifs is 2. The molecule has 24 heavy (non-hydrogen) atoms. The maximum absolute atomic E-state index is 12.4. The van der Waals surface area contributed by atoms with Gasteiger partial charge < -0.3 is 5.32 Å². The number of hydrogen-bond donors (Lipinski definition) is 1. The number of aryl methyl sites for hydroxylation is 1. The van der Waals surface area contributed by atoms with Gasteiger partial charge in [0, 0.05) is 17.3 Å². The Balaban J connectivity index is 1.51. The highest BCUT2D eigenvalue weighted by Gasteiger charge is 2.19. The smallest absolute Gasteiger partial charge is 0.246 e. The average molecular weight is 319 g/mol. The van der Waals surface area contributed by atoms with E-state index in [0.717, 1.165) is 35.0 Å². The predicted octanol–water partition coefficient (Wildman–Crippen LogP) is 3.80. The molecule has 4 heteroatoms. The summed E-state index contributed by atoms with van der Waals surface area (Å²) < 4.78 is 1.78. The molecule has 2 aromatic carbocycles. The number of carbonyl (C=O) groups excluding carboxylic acids is 1. The van der Waals surface area contributed by atoms with E-state index in [2.05, 4.69) is 17.3 Å². The maximum atomic E-state index is 12.4. The first-order valence-electron chi connectivity index (χ1n) is 8.52. The molecule has 1 aliphatic rings. The van der Waals surface area contributed by atoms with Gasteiger partial charge in [0.2, 0.25) is 5.91 Å². The molecular weight excluding hydrogens is 298 g/mol. The van der Waals surface area contributed by atoms with Crippen molar-refractivity contribution in [1.29, 1.82) is 0 Å². The SMILES string of the molecule is CC1CCc2nn(CC(=O)Nc3cccc4ccccc34)cc2C1. The molecule has 0 saturated heterocycles. The number of aromatic nitrogens is 2. The molecule has 3 aromatic rings. The van der Waals surface area contributed by atoms with Crippen LogP contribution >= 0.6 is 0 Å². The fourth-order valence-corrected chi connectivity index (χ4v) is 3.50. The fraction of sp³-hybridized carbons (Fsp3) is 0.300. The van der Waals surface area contributed by atoms with Gasteiger partial charge in [-0.25, -0.2) is 0 Å². The number of nitrogens with one attached hydrogen (secondary N) is 1. The van der Waals surface area contributed by atoms with Crippen molar-refractivity contribution in [3.63, 3.8) is 0 Å². The van der Waals surface area contributed by atoms with Crippen molar-refractivity contribution in [3.05, 3.63) is 59.9 Å². The minimum absolute atomic E-state index is 0.0424. The fourth-order valence-electron chi connectivity index (χ4n) is 3.50. The van der Waals surface area contributed by atoms with Crippen LogP contribution in [-0.2, 0) is 24.2 Å². The van der Waals surface area contributed by atoms with Gasteiger partial charge in [0.05, 0.1) is 5.69 Å². The average Bonchev–Trinajstić information content (AvgIpc) is 2.96. The maximum Gasteiger partial charge on any atom is 0.246 e. The van der Waals surface area contributed by atoms with Crippen LogP contribution in [0.25, 0.3) is 10.8 Å². The summed E-state index contributed by atoms with van der Waals surface area (Å²) in [6.07, 6.45) is 5.31. The van der Waals surface area contributed by atoms with Crippen molar-refractivity contribution in [2.45, 2.75) is 32.7 Å². The van der Waals surface area contributed by atoms with Gasteiger partial charge in [-0.15, -0.1) is 0 Å². The van der Waals surface area contributed by atoms with Crippen LogP contribution < -0.4 is 5.32 Å². The molecule has 1 aliphatic carbocycles. The zero-order chi connectivity index (χ0) is 16.5. The number of rotatable bonds is 3. The number of amides is 1. The number of nitrogens with zero attached hydrogens (tertiary/aromatic N) is 2. The molecule has 122 valence electrons. The summed E-state index contributed by atoms with van der Waals surface area (Å²) in [4.78, 5) is 12.4. The van der Waals surface area contributed by atoms with Gasteiger partial charge in [0.1, 0.15) is 6.54 Å². The van der Waals surface area contributed by atoms with Crippen molar-refractivity contribution < 1.29 is 4.79 Å². The highest BCUT2D eigenvalue weighted by Crippen LogP contribution is 2.25. The standard InChI is InChI=1S/C20H21N3O/c1-14-9-10-18-16(11-14)12-23(22-18)13-20(24)21-19-8-4-6-15-5-2-3-7-17(15)19/h2-8,12,14H,9-11,13H2,1H3,(H,21,24). The molecule has 0 saturated carbocycles. The summed E-state index contributed by atoms with van der Waals surface area (Å²) in [6, 6.07) is 14.0. The third-order valence-electron chi connectivity index (χ3n) is 4.74. The first kappa shape index (κ1) is 14.9. The van der Waals surface area contributed by atoms with E-state index in [1.165, 1.54) is 12.0 Å². The van der Waals surface area contributed by atoms with E-state index in [1.807, 2.05) is 48.7 Å². The molecule has 1 atom stereocenters. The largest absolute Gasteiger partial charge is 0.324 e. The van der Waals surface area contributed by atoms with Crippen molar-refractivity contribution in [3.8, 4) is 0 Å². The van der Waals surface area contributed by atoms with Crippen molar-refractivity contribution in [1.82, 2.24) is 9.78 Å². The minimum Gasteiger partial charge on any atom is -0.324 e. The second-order valence-corrected chi connectivity index (χ2v) is 6.72. The second-order valence-electron chi connectivity index (χ2n) is 6.72. The minimum atomic E-state index is -0.0424. The Morgan fingerprint density at radius 1 is 1.25 bits per heavy atom. The van der Waals surface area contributed by atoms with Crippen LogP contribution in [0.3, 0.4) is 0 Å². The van der Waals surface area contributed by atoms with Crippen LogP contribution in [0.2, 0.25) is 0 Å². The van der Waals surface area contributed by atoms with Gasteiger partial charge in [0.15, 0.2) is 0 Å². The summed E-state index contributed by atoms with van der Waals surface area (Å²) in [7, 11) is 0. The Labute approximate surface area is 141 Å². The molecular formula is C20H21N3O. The van der Waals surface area contributed by atoms with Gasteiger partial charge in [0.25, 0.3) is 0 Å². The summed E-state index contributed by atoms with van der Waals surface area (Å²) in [5, 5.41) is 9.79. The Kier molecular flexibility index (Phi) is 3.81. The summed E-state index contributed by atoms with van der Waals surface area (Å²) in [5.74, 6) is 0.666. The molecule has 0 fully saturated rings. The lowest BCUT2D eigenvalue weighted by atomic mass is 9.89. The quantitative estimate of drug-likeness (QED) is 0.798. The molecule has 0 aliphatic heterocycles. The van der Waals surface area contributed by atoms with Gasteiger partial charge in [-0.3, -0.25) is 9.48 Å². The van der Waals surface area contributed by atoms with Crippen molar-refractivity contribution >= 4 is 22.4 Å². The van der Waals surface area contributed by atoms with Gasteiger partial charge >= 0.3 is 0 Å². The molecule has 1 unspecified atom stereocenters. The second kappa shape index (κ2) is 6.11. The van der Waals surface area contributed by atoms with Crippen molar-refractivity contribution in [2.75, 3.05) is 5.32 Å². The van der Waals surface area contributed by atoms with E-state index >= 15 is 0 Å². The summed E-state index contributed by atoms with van der Waals surface area (Å²) in [6.45, 7) is 2.53. The van der Waals surface area contributed by atoms with E-state index in [-0.39, 0.29) is 12.5 Å². The van der Waals surface area contributed by atoms with E-state index in [1.54, 1.807) is 4.68 Å². The molecule has 4 rings (SSSR count). The molecule has 1 aromatic heterocycles. The van der Waals surface area contributed by atoms with Crippen LogP contribution in [0.1, 0.15) is 24.6 Å². The zero-order valence-electron chi connectivity index (χ0n) is 13.8. The number of hydrogen-bond acceptors (Lipinski definition) is 2. The molecule has 1 amide bonds. The van der Waals surface area contributed by atoms with Gasteiger partial charge in [-0.05, 0) is 42.2 Å². The molecule has 4 nitrogen and oxygen atoms in total. The Hall–Kier alpha value is -2.62. The van der Waals surface area contributed by atoms with E-state index in [9.17, 15) is 4.79 Å². The number of anilines is 1. The lowest BCUT2D eigenvalue weighted by Crippen LogP contribution is -2.19. The highest BCUT2D eigenvalue weighted by atomic mass is 16.2. The van der Waals surface area contributed by atoms with Gasteiger partial charge in [-0.2, -0.15) is 5.10 Å². The molecule has 0 spiro atoms. The lowest BCUT2D eigenvalue weighted by molar-refractivity contribution is -0.116. The van der Waals surface area contributed by atoms with Crippen LogP contribution in [0, 0.1) is 5.92 Å². The van der Waals surface area contributed by atoms with E-state index < -0.39 is 0 Å². The molecule has 1 heterocycles. The first-order chi connectivity index (χ1) is 11.7. The summed E-state index contributed by atoms with van der Waals surface area (Å²) in [5.41, 5.74) is 3.31. The van der Waals surface area contributed by atoms with Crippen LogP contribution in [0.15, 0.2) is 48.7 Å². The summed E-state index contributed by atoms with van der Waals surface area (Å²) >= 11 is 0. The van der Waals surface area contributed by atoms with Gasteiger partial charge in [-0.1, -0.05) is 43.3 Å². The number of benzene rings is 2. The first-order valence-corrected chi connectivity index (χ1v) is 8.52. The van der Waals surface area contributed by atoms with E-state index in [4.69, 9.17) is 0 Å². The van der Waals surface area contributed by atoms with E-state index in [0.29, 0.717) is 5.92 Å². The van der Waals surface area contributed by atoms with Crippen LogP contribution in [-0.4, -0.2) is 15.7 Å². The predicted molar refractivity (Wildman–Crippen MR) is 96.0 cm³/mol. The lowest BCUT2D eigenvalue weighted by Gasteiger charge is -2.15. The molecule has 0 bridgehead atoms. The Morgan fingerprint density at radius 2 is 2.08 bits per heavy atom. The van der Waals surface area contributed by atoms with Crippen molar-refractivity contribution in [2.24, 2.45) is 5.92 Å². The van der Waals surface area contributed by atoms with Crippen LogP contribution in [0.5, 0.6) is 0 Å². The van der Waals surface area contributed by atoms with Crippen LogP contribution in [0.4, 0.5) is 5.69 Å². The Morgan fingerprint density at radius 3 is 3.00 bits per heavy atom. The Bertz CT molecular complexity index is 892. The monoisotopic (exact) mass is 319 g/mol. The molecule has 1 N–H and O–H groups in total. The number of carbonyl (C=O) groups is 1. The third kappa shape index (κ3) is 2.92. The third-order valence-corrected chi connectivity index (χ3v) is 4.74. The zero-order valence-corrected chi connectivity index (χ0v) is 13.8. The molecule has 0 radical (unpaired) electrons. The topological polar surface area (TPSA) is 46.9 Å².